The van der Waals surface area contributed by atoms with Crippen molar-refractivity contribution in [3.05, 3.63) is 0 Å². The summed E-state index contributed by atoms with van der Waals surface area (Å²) in [5, 5.41) is 53.7. The van der Waals surface area contributed by atoms with Gasteiger partial charge in [0.05, 0.1) is 25.2 Å². The van der Waals surface area contributed by atoms with Crippen molar-refractivity contribution in [2.24, 2.45) is 5.41 Å². The molecule has 0 radical (unpaired) electrons. The molecule has 1 atom stereocenters. The van der Waals surface area contributed by atoms with Gasteiger partial charge in [-0.25, -0.2) is 0 Å². The molecule has 0 saturated carbocycles. The molecular formula is C7H16O6. The molecular weight excluding hydrogens is 180 g/mol. The molecule has 0 amide bonds. The molecule has 0 heterocycles. The second-order valence-corrected chi connectivity index (χ2v) is 3.30. The second-order valence-electron chi connectivity index (χ2n) is 3.30. The third-order valence-corrected chi connectivity index (χ3v) is 2.22. The summed E-state index contributed by atoms with van der Waals surface area (Å²) in [6, 6.07) is 0. The summed E-state index contributed by atoms with van der Waals surface area (Å²) in [4.78, 5) is 0. The first-order chi connectivity index (χ1) is 5.85. The van der Waals surface area contributed by atoms with Crippen molar-refractivity contribution in [3.63, 3.8) is 0 Å². The lowest BCUT2D eigenvalue weighted by Gasteiger charge is -2.40. The Morgan fingerprint density at radius 3 is 1.69 bits per heavy atom. The average Bonchev–Trinajstić information content (AvgIpc) is 2.14. The minimum absolute atomic E-state index is 0.729. The van der Waals surface area contributed by atoms with Gasteiger partial charge in [-0.15, -0.1) is 0 Å². The van der Waals surface area contributed by atoms with Gasteiger partial charge >= 0.3 is 0 Å². The summed E-state index contributed by atoms with van der Waals surface area (Å²) in [7, 11) is 0. The van der Waals surface area contributed by atoms with Crippen molar-refractivity contribution in [2.75, 3.05) is 19.8 Å². The Hall–Kier alpha value is -0.240. The lowest BCUT2D eigenvalue weighted by Crippen LogP contribution is -2.59. The SMILES string of the molecule is CC(CO)(CO)C(O)(O)C(O)CO. The fourth-order valence-electron chi connectivity index (χ4n) is 0.812. The predicted molar refractivity (Wildman–Crippen MR) is 42.5 cm³/mol. The van der Waals surface area contributed by atoms with Gasteiger partial charge in [-0.05, 0) is 6.92 Å². The van der Waals surface area contributed by atoms with Gasteiger partial charge in [-0.1, -0.05) is 0 Å². The van der Waals surface area contributed by atoms with Gasteiger partial charge in [-0.2, -0.15) is 0 Å². The van der Waals surface area contributed by atoms with Gasteiger partial charge in [-0.3, -0.25) is 0 Å². The summed E-state index contributed by atoms with van der Waals surface area (Å²) >= 11 is 0. The number of aliphatic hydroxyl groups excluding tert-OH is 4. The molecule has 6 heteroatoms. The number of hydrogen-bond acceptors (Lipinski definition) is 6. The molecule has 6 N–H and O–H groups in total. The van der Waals surface area contributed by atoms with Crippen LogP contribution in [0.2, 0.25) is 0 Å². The van der Waals surface area contributed by atoms with Crippen molar-refractivity contribution in [1.29, 1.82) is 0 Å². The quantitative estimate of drug-likeness (QED) is 0.261. The molecule has 0 aromatic heterocycles. The molecule has 0 aliphatic carbocycles. The minimum Gasteiger partial charge on any atom is -0.396 e. The van der Waals surface area contributed by atoms with E-state index in [1.165, 1.54) is 6.92 Å². The molecule has 0 aromatic carbocycles. The van der Waals surface area contributed by atoms with E-state index in [4.69, 9.17) is 20.4 Å². The first kappa shape index (κ1) is 12.8. The molecule has 0 aromatic rings. The van der Waals surface area contributed by atoms with Gasteiger partial charge in [0.25, 0.3) is 0 Å². The third kappa shape index (κ3) is 2.16. The Morgan fingerprint density at radius 2 is 1.46 bits per heavy atom. The summed E-state index contributed by atoms with van der Waals surface area (Å²) in [6.07, 6.45) is -1.84. The van der Waals surface area contributed by atoms with Crippen LogP contribution in [0.3, 0.4) is 0 Å². The zero-order valence-electron chi connectivity index (χ0n) is 7.38. The van der Waals surface area contributed by atoms with Crippen LogP contribution in [0.4, 0.5) is 0 Å². The molecule has 80 valence electrons. The van der Waals surface area contributed by atoms with Crippen molar-refractivity contribution in [2.45, 2.75) is 18.8 Å². The molecule has 6 nitrogen and oxygen atoms in total. The Morgan fingerprint density at radius 1 is 1.08 bits per heavy atom. The molecule has 0 bridgehead atoms. The molecule has 0 saturated heterocycles. The Kier molecular flexibility index (Phi) is 4.24. The minimum atomic E-state index is -2.73. The van der Waals surface area contributed by atoms with Crippen LogP contribution in [0, 0.1) is 5.41 Å². The van der Waals surface area contributed by atoms with E-state index in [0.29, 0.717) is 0 Å². The molecule has 1 unspecified atom stereocenters. The summed E-state index contributed by atoms with van der Waals surface area (Å²) in [5.41, 5.74) is -1.69. The van der Waals surface area contributed by atoms with Crippen LogP contribution in [0.5, 0.6) is 0 Å². The second kappa shape index (κ2) is 4.32. The average molecular weight is 196 g/mol. The Balaban J connectivity index is 4.76. The number of rotatable bonds is 5. The maximum Gasteiger partial charge on any atom is 0.201 e. The highest BCUT2D eigenvalue weighted by molar-refractivity contribution is 4.92. The van der Waals surface area contributed by atoms with E-state index in [1.54, 1.807) is 0 Å². The summed E-state index contributed by atoms with van der Waals surface area (Å²) in [5.74, 6) is -2.73. The standard InChI is InChI=1S/C7H16O6/c1-6(3-9,4-10)7(12,13)5(11)2-8/h5,8-13H,2-4H2,1H3. The largest absolute Gasteiger partial charge is 0.396 e. The molecule has 13 heavy (non-hydrogen) atoms. The van der Waals surface area contributed by atoms with E-state index < -0.39 is 37.1 Å². The smallest absolute Gasteiger partial charge is 0.201 e. The monoisotopic (exact) mass is 196 g/mol. The van der Waals surface area contributed by atoms with Gasteiger partial charge in [0.15, 0.2) is 0 Å². The van der Waals surface area contributed by atoms with Crippen molar-refractivity contribution in [3.8, 4) is 0 Å². The van der Waals surface area contributed by atoms with Crippen LogP contribution in [0.25, 0.3) is 0 Å². The molecule has 0 rings (SSSR count). The third-order valence-electron chi connectivity index (χ3n) is 2.22. The van der Waals surface area contributed by atoms with Crippen LogP contribution in [0.1, 0.15) is 6.92 Å². The fraction of sp³-hybridized carbons (Fsp3) is 1.00. The molecule has 0 fully saturated rings. The summed E-state index contributed by atoms with van der Waals surface area (Å²) in [6.45, 7) is -1.16. The highest BCUT2D eigenvalue weighted by Gasteiger charge is 2.50. The first-order valence-electron chi connectivity index (χ1n) is 3.81. The van der Waals surface area contributed by atoms with Crippen LogP contribution < -0.4 is 0 Å². The van der Waals surface area contributed by atoms with Crippen molar-refractivity contribution >= 4 is 0 Å². The zero-order chi connectivity index (χ0) is 10.7. The van der Waals surface area contributed by atoms with Gasteiger partial charge < -0.3 is 30.6 Å². The van der Waals surface area contributed by atoms with Gasteiger partial charge in [0, 0.05) is 0 Å². The topological polar surface area (TPSA) is 121 Å². The lowest BCUT2D eigenvalue weighted by molar-refractivity contribution is -0.306. The van der Waals surface area contributed by atoms with Crippen molar-refractivity contribution in [1.82, 2.24) is 0 Å². The van der Waals surface area contributed by atoms with Crippen molar-refractivity contribution < 1.29 is 30.6 Å². The van der Waals surface area contributed by atoms with E-state index in [0.717, 1.165) is 0 Å². The van der Waals surface area contributed by atoms with E-state index in [9.17, 15) is 10.2 Å². The number of aliphatic hydroxyl groups is 6. The van der Waals surface area contributed by atoms with Gasteiger partial charge in [0.1, 0.15) is 6.10 Å². The Labute approximate surface area is 75.7 Å². The Bertz CT molecular complexity index is 153. The maximum atomic E-state index is 9.33. The predicted octanol–water partition coefficient (Wildman–Crippen LogP) is -2.99. The fourth-order valence-corrected chi connectivity index (χ4v) is 0.812. The van der Waals surface area contributed by atoms with E-state index >= 15 is 0 Å². The normalized spacial score (nSPS) is 15.9. The number of hydrogen-bond donors (Lipinski definition) is 6. The molecule has 0 spiro atoms. The highest BCUT2D eigenvalue weighted by atomic mass is 16.5. The highest BCUT2D eigenvalue weighted by Crippen LogP contribution is 2.31. The van der Waals surface area contributed by atoms with Gasteiger partial charge in [0.2, 0.25) is 5.79 Å². The maximum absolute atomic E-state index is 9.33. The van der Waals surface area contributed by atoms with Crippen LogP contribution in [-0.2, 0) is 0 Å². The summed E-state index contributed by atoms with van der Waals surface area (Å²) < 4.78 is 0. The van der Waals surface area contributed by atoms with E-state index in [-0.39, 0.29) is 0 Å². The zero-order valence-corrected chi connectivity index (χ0v) is 7.38. The first-order valence-corrected chi connectivity index (χ1v) is 3.81. The molecule has 0 aliphatic rings. The molecule has 0 aliphatic heterocycles. The van der Waals surface area contributed by atoms with Crippen LogP contribution in [0.15, 0.2) is 0 Å². The van der Waals surface area contributed by atoms with Crippen LogP contribution in [-0.4, -0.2) is 62.4 Å². The lowest BCUT2D eigenvalue weighted by atomic mass is 9.79. The van der Waals surface area contributed by atoms with Crippen LogP contribution >= 0.6 is 0 Å². The van der Waals surface area contributed by atoms with E-state index in [2.05, 4.69) is 0 Å². The van der Waals surface area contributed by atoms with E-state index in [1.807, 2.05) is 0 Å².